The molecule has 16 heteroatoms. The van der Waals surface area contributed by atoms with Crippen LogP contribution in [0.5, 0.6) is 0 Å². The predicted molar refractivity (Wildman–Crippen MR) is 151 cm³/mol. The molecule has 2 aliphatic heterocycles. The quantitative estimate of drug-likeness (QED) is 0.370. The number of rotatable bonds is 5. The van der Waals surface area contributed by atoms with E-state index in [9.17, 15) is 49.9 Å². The van der Waals surface area contributed by atoms with E-state index in [1.54, 1.807) is 0 Å². The molecule has 9 nitrogen and oxygen atoms in total. The monoisotopic (exact) mass is 672 g/mol. The van der Waals surface area contributed by atoms with E-state index < -0.39 is 76.9 Å². The van der Waals surface area contributed by atoms with Crippen LogP contribution in [0.1, 0.15) is 48.3 Å². The molecule has 0 radical (unpaired) electrons. The highest BCUT2D eigenvalue weighted by atomic mass is 19.4. The Kier molecular flexibility index (Phi) is 9.16. The lowest BCUT2D eigenvalue weighted by Gasteiger charge is -2.34. The Morgan fingerprint density at radius 3 is 1.94 bits per heavy atom. The fraction of sp³-hybridized carbons (Fsp3) is 0.484. The summed E-state index contributed by atoms with van der Waals surface area (Å²) < 4.78 is 99.5. The van der Waals surface area contributed by atoms with Crippen molar-refractivity contribution >= 4 is 29.6 Å². The molecule has 2 saturated heterocycles. The zero-order valence-corrected chi connectivity index (χ0v) is 25.3. The predicted octanol–water partition coefficient (Wildman–Crippen LogP) is 5.88. The molecular formula is C31H31F7N4O5. The maximum absolute atomic E-state index is 13.8. The van der Waals surface area contributed by atoms with Gasteiger partial charge in [-0.05, 0) is 61.6 Å². The van der Waals surface area contributed by atoms with Crippen molar-refractivity contribution in [3.8, 4) is 0 Å². The maximum atomic E-state index is 13.8. The van der Waals surface area contributed by atoms with Crippen LogP contribution < -0.4 is 4.90 Å². The summed E-state index contributed by atoms with van der Waals surface area (Å²) in [7, 11) is 2.39. The maximum Gasteiger partial charge on any atom is 0.417 e. The van der Waals surface area contributed by atoms with Gasteiger partial charge in [0.2, 0.25) is 5.91 Å². The van der Waals surface area contributed by atoms with Crippen molar-refractivity contribution in [1.29, 1.82) is 0 Å². The Bertz CT molecular complexity index is 1490. The number of amides is 5. The van der Waals surface area contributed by atoms with Crippen LogP contribution in [0.2, 0.25) is 0 Å². The van der Waals surface area contributed by atoms with Crippen LogP contribution in [0, 0.1) is 11.7 Å². The topological polar surface area (TPSA) is 90.5 Å². The molecule has 2 heterocycles. The van der Waals surface area contributed by atoms with Gasteiger partial charge in [-0.1, -0.05) is 12.1 Å². The minimum Gasteiger partial charge on any atom is -0.439 e. The first-order valence-corrected chi connectivity index (χ1v) is 14.8. The number of carbonyl (C=O) groups excluding carboxylic acids is 4. The molecule has 1 aliphatic carbocycles. The second-order valence-corrected chi connectivity index (χ2v) is 12.0. The highest BCUT2D eigenvalue weighted by Gasteiger charge is 2.45. The van der Waals surface area contributed by atoms with E-state index in [2.05, 4.69) is 0 Å². The molecule has 2 aromatic carbocycles. The van der Waals surface area contributed by atoms with E-state index in [4.69, 9.17) is 4.74 Å². The number of carbonyl (C=O) groups is 4. The Morgan fingerprint density at radius 2 is 1.43 bits per heavy atom. The van der Waals surface area contributed by atoms with Crippen LogP contribution in [0.15, 0.2) is 42.5 Å². The van der Waals surface area contributed by atoms with Gasteiger partial charge >= 0.3 is 24.5 Å². The molecule has 254 valence electrons. The fourth-order valence-corrected chi connectivity index (χ4v) is 6.57. The summed E-state index contributed by atoms with van der Waals surface area (Å²) in [4.78, 5) is 55.8. The number of halogens is 7. The molecule has 2 aromatic rings. The van der Waals surface area contributed by atoms with Crippen molar-refractivity contribution in [2.75, 3.05) is 38.7 Å². The summed E-state index contributed by atoms with van der Waals surface area (Å²) in [6.07, 6.45) is -9.43. The first kappa shape index (κ1) is 34.0. The van der Waals surface area contributed by atoms with Gasteiger partial charge in [0.25, 0.3) is 5.91 Å². The molecule has 0 N–H and O–H groups in total. The SMILES string of the molecule is CN(C(=O)N(C)[C@@H]1CN(C(=O)C2CCC(N3C(=O)COC3=O)CC2)C[C@H]1c1ccc(F)cc1)c1cc(C(F)(F)F)cc(C(F)(F)F)c1. The summed E-state index contributed by atoms with van der Waals surface area (Å²) in [6.45, 7) is -0.227. The van der Waals surface area contributed by atoms with Crippen molar-refractivity contribution < 1.29 is 54.6 Å². The van der Waals surface area contributed by atoms with Gasteiger partial charge in [0, 0.05) is 50.7 Å². The highest BCUT2D eigenvalue weighted by Crippen LogP contribution is 2.40. The minimum atomic E-state index is -5.11. The summed E-state index contributed by atoms with van der Waals surface area (Å²) in [5.41, 5.74) is -3.22. The van der Waals surface area contributed by atoms with Crippen LogP contribution >= 0.6 is 0 Å². The molecule has 5 rings (SSSR count). The zero-order valence-electron chi connectivity index (χ0n) is 25.3. The first-order chi connectivity index (χ1) is 22.0. The van der Waals surface area contributed by atoms with Gasteiger partial charge in [-0.25, -0.2) is 18.9 Å². The van der Waals surface area contributed by atoms with Crippen molar-refractivity contribution in [2.24, 2.45) is 5.92 Å². The largest absolute Gasteiger partial charge is 0.439 e. The first-order valence-electron chi connectivity index (χ1n) is 14.8. The molecule has 0 bridgehead atoms. The number of anilines is 1. The number of nitrogens with zero attached hydrogens (tertiary/aromatic N) is 4. The van der Waals surface area contributed by atoms with Crippen LogP contribution in [0.4, 0.5) is 46.0 Å². The van der Waals surface area contributed by atoms with Crippen LogP contribution in [-0.2, 0) is 26.7 Å². The van der Waals surface area contributed by atoms with Crippen molar-refractivity contribution in [2.45, 2.75) is 56.0 Å². The Labute approximate surface area is 264 Å². The average Bonchev–Trinajstić information content (AvgIpc) is 3.62. The standard InChI is InChI=1S/C31H31F7N4O5/c1-39(23-12-19(30(33,34)35)11-20(13-23)31(36,37)38)28(45)40(2)25-15-41(14-24(25)17-3-7-21(32)8-4-17)27(44)18-5-9-22(10-6-18)42-26(43)16-47-29(42)46/h3-4,7-8,11-13,18,22,24-25H,5-6,9-10,14-16H2,1-2H3/t18?,22?,24-,25+/m0/s1. The summed E-state index contributed by atoms with van der Waals surface area (Å²) in [5.74, 6) is -2.23. The Hall–Kier alpha value is -4.37. The zero-order chi connectivity index (χ0) is 34.4. The molecule has 1 saturated carbocycles. The van der Waals surface area contributed by atoms with Crippen LogP contribution in [0.25, 0.3) is 0 Å². The third kappa shape index (κ3) is 7.00. The number of alkyl halides is 6. The number of cyclic esters (lactones) is 1. The molecule has 47 heavy (non-hydrogen) atoms. The molecule has 2 atom stereocenters. The third-order valence-corrected chi connectivity index (χ3v) is 9.14. The number of urea groups is 1. The smallest absolute Gasteiger partial charge is 0.417 e. The highest BCUT2D eigenvalue weighted by molar-refractivity contribution is 5.98. The third-order valence-electron chi connectivity index (χ3n) is 9.14. The van der Waals surface area contributed by atoms with Crippen LogP contribution in [-0.4, -0.2) is 84.5 Å². The van der Waals surface area contributed by atoms with Crippen molar-refractivity contribution in [1.82, 2.24) is 14.7 Å². The van der Waals surface area contributed by atoms with E-state index in [-0.39, 0.29) is 31.7 Å². The number of ether oxygens (including phenoxy) is 1. The van der Waals surface area contributed by atoms with Crippen LogP contribution in [0.3, 0.4) is 0 Å². The molecule has 5 amide bonds. The number of benzene rings is 2. The van der Waals surface area contributed by atoms with E-state index >= 15 is 0 Å². The Morgan fingerprint density at radius 1 is 0.851 bits per heavy atom. The number of imide groups is 1. The van der Waals surface area contributed by atoms with E-state index in [1.807, 2.05) is 0 Å². The number of hydrogen-bond donors (Lipinski definition) is 0. The molecule has 3 aliphatic rings. The molecule has 0 unspecified atom stereocenters. The van der Waals surface area contributed by atoms with Gasteiger partial charge in [0.15, 0.2) is 6.61 Å². The van der Waals surface area contributed by atoms with Gasteiger partial charge in [-0.15, -0.1) is 0 Å². The lowest BCUT2D eigenvalue weighted by molar-refractivity contribution is -0.143. The summed E-state index contributed by atoms with van der Waals surface area (Å²) in [5, 5.41) is 0. The summed E-state index contributed by atoms with van der Waals surface area (Å²) in [6, 6.07) is 4.17. The molecule has 0 aromatic heterocycles. The van der Waals surface area contributed by atoms with Gasteiger partial charge in [0.05, 0.1) is 17.2 Å². The van der Waals surface area contributed by atoms with Crippen molar-refractivity contribution in [3.63, 3.8) is 0 Å². The van der Waals surface area contributed by atoms with E-state index in [1.165, 1.54) is 36.2 Å². The number of hydrogen-bond acceptors (Lipinski definition) is 5. The van der Waals surface area contributed by atoms with Crippen molar-refractivity contribution in [3.05, 3.63) is 65.0 Å². The van der Waals surface area contributed by atoms with Gasteiger partial charge in [-0.2, -0.15) is 26.3 Å². The normalized spacial score (nSPS) is 23.6. The molecule has 3 fully saturated rings. The number of likely N-dealkylation sites (N-methyl/N-ethyl adjacent to an activating group) is 1. The van der Waals surface area contributed by atoms with E-state index in [0.29, 0.717) is 48.3 Å². The fourth-order valence-electron chi connectivity index (χ4n) is 6.57. The summed E-state index contributed by atoms with van der Waals surface area (Å²) >= 11 is 0. The Balaban J connectivity index is 1.36. The second-order valence-electron chi connectivity index (χ2n) is 12.0. The second kappa shape index (κ2) is 12.7. The lowest BCUT2D eigenvalue weighted by Crippen LogP contribution is -2.48. The van der Waals surface area contributed by atoms with Gasteiger partial charge in [-0.3, -0.25) is 14.5 Å². The van der Waals surface area contributed by atoms with Gasteiger partial charge in [0.1, 0.15) is 5.82 Å². The lowest BCUT2D eigenvalue weighted by atomic mass is 9.84. The molecular weight excluding hydrogens is 641 g/mol. The minimum absolute atomic E-state index is 0.00971. The van der Waals surface area contributed by atoms with E-state index in [0.717, 1.165) is 16.8 Å². The average molecular weight is 673 g/mol. The van der Waals surface area contributed by atoms with Gasteiger partial charge < -0.3 is 14.5 Å². The molecule has 0 spiro atoms. The number of likely N-dealkylation sites (tertiary alicyclic amines) is 1.